The summed E-state index contributed by atoms with van der Waals surface area (Å²) in [6.45, 7) is 2.38. The van der Waals surface area contributed by atoms with Crippen molar-refractivity contribution in [3.8, 4) is 11.1 Å². The normalized spacial score (nSPS) is 17.1. The average molecular weight is 805 g/mol. The molecule has 0 radical (unpaired) electrons. The Labute approximate surface area is 315 Å². The third-order valence-electron chi connectivity index (χ3n) is 8.50. The van der Waals surface area contributed by atoms with Crippen LogP contribution in [0.4, 0.5) is 0 Å². The Balaban J connectivity index is -0.000000695. The minimum absolute atomic E-state index is 0. The van der Waals surface area contributed by atoms with Crippen molar-refractivity contribution in [2.45, 2.75) is 144 Å². The minimum atomic E-state index is -4.94. The van der Waals surface area contributed by atoms with Gasteiger partial charge < -0.3 is 0 Å². The number of hydrogen-bond acceptors (Lipinski definition) is 8. The molecular formula is C34H58Cl2Fe2N2O8. The van der Waals surface area contributed by atoms with Crippen LogP contribution in [0.15, 0.2) is 49.1 Å². The molecule has 0 saturated heterocycles. The van der Waals surface area contributed by atoms with Crippen molar-refractivity contribution < 1.29 is 101 Å². The van der Waals surface area contributed by atoms with E-state index in [9.17, 15) is 0 Å². The van der Waals surface area contributed by atoms with Crippen LogP contribution >= 0.6 is 0 Å². The van der Waals surface area contributed by atoms with Crippen molar-refractivity contribution >= 4 is 0 Å². The van der Waals surface area contributed by atoms with Crippen LogP contribution in [-0.4, -0.2) is 0 Å². The molecule has 0 aliphatic heterocycles. The van der Waals surface area contributed by atoms with E-state index in [2.05, 4.69) is 58.2 Å². The molecule has 4 aliphatic rings. The number of nitrogens with zero attached hydrogens (tertiary/aromatic N) is 2. The summed E-state index contributed by atoms with van der Waals surface area (Å²) in [5.41, 5.74) is 2.65. The first-order valence-electron chi connectivity index (χ1n) is 16.1. The van der Waals surface area contributed by atoms with E-state index in [1.807, 2.05) is 0 Å². The summed E-state index contributed by atoms with van der Waals surface area (Å²) in [7, 11) is -9.89. The van der Waals surface area contributed by atoms with Crippen molar-refractivity contribution in [1.29, 1.82) is 0 Å². The van der Waals surface area contributed by atoms with E-state index in [0.29, 0.717) is 0 Å². The zero-order valence-corrected chi connectivity index (χ0v) is 30.3. The van der Waals surface area contributed by atoms with Crippen molar-refractivity contribution in [3.63, 3.8) is 0 Å². The molecule has 0 spiro atoms. The maximum atomic E-state index is 8.49. The molecule has 2 aromatic heterocycles. The van der Waals surface area contributed by atoms with E-state index < -0.39 is 20.5 Å². The quantitative estimate of drug-likeness (QED) is 0.297. The van der Waals surface area contributed by atoms with E-state index in [1.54, 1.807) is 0 Å². The van der Waals surface area contributed by atoms with Gasteiger partial charge in [0, 0.05) is 70.2 Å². The Morgan fingerprint density at radius 3 is 0.792 bits per heavy atom. The maximum Gasteiger partial charge on any atom is 0.169 e. The van der Waals surface area contributed by atoms with Gasteiger partial charge >= 0.3 is 0 Å². The summed E-state index contributed by atoms with van der Waals surface area (Å²) >= 11 is 0. The second kappa shape index (κ2) is 29.2. The molecule has 2 heterocycles. The second-order valence-electron chi connectivity index (χ2n) is 12.2. The molecule has 0 N–H and O–H groups in total. The van der Waals surface area contributed by atoms with Gasteiger partial charge in [-0.15, -0.1) is 20.5 Å². The van der Waals surface area contributed by atoms with Crippen LogP contribution in [0.2, 0.25) is 0 Å². The first-order valence-corrected chi connectivity index (χ1v) is 18.6. The van der Waals surface area contributed by atoms with Crippen molar-refractivity contribution in [2.75, 3.05) is 0 Å². The SMILES string of the molecule is C.C.C1CCCC1.C1CCCC1.[Fe].[Fe].[O-][Cl+3]([O-])([O-])[O-].[O-][Cl+3]([O-])([O-])[O-].c1c[n+](CC2CCCC2)ccc1-c1cc[n+](CC2CCCC2)cc1. The fourth-order valence-corrected chi connectivity index (χ4v) is 6.29. The Kier molecular flexibility index (Phi) is 31.6. The van der Waals surface area contributed by atoms with Crippen LogP contribution in [0.1, 0.15) is 130 Å². The molecule has 2 aromatic rings. The summed E-state index contributed by atoms with van der Waals surface area (Å²) in [6.07, 6.45) is 35.4. The topological polar surface area (TPSA) is 192 Å². The summed E-state index contributed by atoms with van der Waals surface area (Å²) in [4.78, 5) is 0. The molecule has 0 atom stereocenters. The van der Waals surface area contributed by atoms with E-state index in [1.165, 1.54) is 140 Å². The molecule has 282 valence electrons. The van der Waals surface area contributed by atoms with Gasteiger partial charge in [-0.3, -0.25) is 0 Å². The minimum Gasteiger partial charge on any atom is -0.222 e. The first kappa shape index (κ1) is 52.0. The van der Waals surface area contributed by atoms with Gasteiger partial charge in [-0.25, -0.2) is 46.4 Å². The first-order chi connectivity index (χ1) is 20.9. The number of halogens is 2. The average Bonchev–Trinajstić information content (AvgIpc) is 3.78. The Morgan fingerprint density at radius 1 is 0.417 bits per heavy atom. The van der Waals surface area contributed by atoms with Gasteiger partial charge in [-0.2, -0.15) is 0 Å². The molecule has 6 rings (SSSR count). The van der Waals surface area contributed by atoms with Crippen LogP contribution in [-0.2, 0) is 47.2 Å². The number of rotatable bonds is 5. The van der Waals surface area contributed by atoms with Gasteiger partial charge in [0.05, 0.1) is 0 Å². The largest absolute Gasteiger partial charge is 0.222 e. The monoisotopic (exact) mass is 804 g/mol. The van der Waals surface area contributed by atoms with Crippen LogP contribution in [0.25, 0.3) is 11.1 Å². The third-order valence-corrected chi connectivity index (χ3v) is 8.50. The van der Waals surface area contributed by atoms with Crippen LogP contribution < -0.4 is 46.4 Å². The molecule has 48 heavy (non-hydrogen) atoms. The van der Waals surface area contributed by atoms with Gasteiger partial charge in [-0.05, 0) is 36.8 Å². The van der Waals surface area contributed by atoms with Crippen LogP contribution in [0, 0.1) is 32.3 Å². The molecule has 14 heteroatoms. The molecular weight excluding hydrogens is 747 g/mol. The van der Waals surface area contributed by atoms with Gasteiger partial charge in [0.1, 0.15) is 0 Å². The summed E-state index contributed by atoms with van der Waals surface area (Å²) < 4.78 is 72.7. The Morgan fingerprint density at radius 2 is 0.604 bits per heavy atom. The molecule has 0 aromatic carbocycles. The van der Waals surface area contributed by atoms with E-state index in [4.69, 9.17) is 37.3 Å². The molecule has 4 aliphatic carbocycles. The number of hydrogen-bond donors (Lipinski definition) is 0. The van der Waals surface area contributed by atoms with Crippen LogP contribution in [0.5, 0.6) is 0 Å². The molecule has 4 fully saturated rings. The van der Waals surface area contributed by atoms with Crippen molar-refractivity contribution in [1.82, 2.24) is 0 Å². The zero-order chi connectivity index (χ0) is 32.3. The predicted molar refractivity (Wildman–Crippen MR) is 156 cm³/mol. The van der Waals surface area contributed by atoms with E-state index >= 15 is 0 Å². The Hall–Kier alpha value is -0.401. The van der Waals surface area contributed by atoms with Gasteiger partial charge in [0.2, 0.25) is 0 Å². The fourth-order valence-electron chi connectivity index (χ4n) is 6.29. The molecule has 0 bridgehead atoms. The van der Waals surface area contributed by atoms with Gasteiger partial charge in [0.25, 0.3) is 0 Å². The van der Waals surface area contributed by atoms with Crippen LogP contribution in [0.3, 0.4) is 0 Å². The van der Waals surface area contributed by atoms with Crippen molar-refractivity contribution in [2.24, 2.45) is 11.8 Å². The molecule has 0 amide bonds. The van der Waals surface area contributed by atoms with E-state index in [0.717, 1.165) is 11.8 Å². The number of aromatic nitrogens is 2. The zero-order valence-electron chi connectivity index (χ0n) is 26.5. The van der Waals surface area contributed by atoms with Crippen molar-refractivity contribution in [3.05, 3.63) is 49.1 Å². The summed E-state index contributed by atoms with van der Waals surface area (Å²) in [5, 5.41) is 0. The van der Waals surface area contributed by atoms with Gasteiger partial charge in [-0.1, -0.05) is 105 Å². The standard InChI is InChI=1S/C22H30N2.2C5H10.2CH4.2ClHO4.2Fe/c1-2-6-19(5-1)17-23-13-9-21(10-14-23)22-11-15-24(16-12-22)18-20-7-3-4-8-20;2*1-2-4-5-3-1;;;2*2-1(3,4)5;;/h9-16,19-20H,1-8,17-18H2;2*1-5H2;2*1H4;2*(H,2,3,4,5);;/q+2;;;;;;;;/p-2. The summed E-state index contributed by atoms with van der Waals surface area (Å²) in [6, 6.07) is 9.08. The van der Waals surface area contributed by atoms with Gasteiger partial charge in [0.15, 0.2) is 37.9 Å². The smallest absolute Gasteiger partial charge is 0.169 e. The fraction of sp³-hybridized carbons (Fsp3) is 0.706. The molecule has 10 nitrogen and oxygen atoms in total. The molecule has 4 saturated carbocycles. The summed E-state index contributed by atoms with van der Waals surface area (Å²) in [5.74, 6) is 1.79. The third kappa shape index (κ3) is 29.3. The predicted octanol–water partition coefficient (Wildman–Crippen LogP) is -0.0348. The number of pyridine rings is 2. The second-order valence-corrected chi connectivity index (χ2v) is 13.7. The maximum absolute atomic E-state index is 8.49. The van der Waals surface area contributed by atoms with E-state index in [-0.39, 0.29) is 49.0 Å². The molecule has 0 unspecified atom stereocenters. The Bertz CT molecular complexity index is 885.